The Labute approximate surface area is 136 Å². The number of carbonyl (C=O) groups is 1. The SMILES string of the molecule is O=C(NCc1ccc2c(c1)OCO2)c1ccc(-c2nn[nH]n2)cc1. The number of nitrogens with one attached hydrogen (secondary N) is 2. The molecule has 0 unspecified atom stereocenters. The van der Waals surface area contributed by atoms with E-state index < -0.39 is 0 Å². The van der Waals surface area contributed by atoms with Crippen LogP contribution in [0.4, 0.5) is 0 Å². The third-order valence-corrected chi connectivity index (χ3v) is 3.64. The fourth-order valence-corrected chi connectivity index (χ4v) is 2.39. The van der Waals surface area contributed by atoms with Crippen LogP contribution in [0.15, 0.2) is 42.5 Å². The lowest BCUT2D eigenvalue weighted by Gasteiger charge is -2.06. The van der Waals surface area contributed by atoms with Crippen LogP contribution in [-0.2, 0) is 6.54 Å². The van der Waals surface area contributed by atoms with Crippen LogP contribution in [0.2, 0.25) is 0 Å². The third-order valence-electron chi connectivity index (χ3n) is 3.64. The van der Waals surface area contributed by atoms with E-state index in [9.17, 15) is 4.79 Å². The Morgan fingerprint density at radius 2 is 1.96 bits per heavy atom. The molecule has 8 heteroatoms. The average Bonchev–Trinajstić information content (AvgIpc) is 3.31. The summed E-state index contributed by atoms with van der Waals surface area (Å²) in [5.41, 5.74) is 2.29. The lowest BCUT2D eigenvalue weighted by molar-refractivity contribution is 0.0951. The Morgan fingerprint density at radius 1 is 1.12 bits per heavy atom. The second-order valence-electron chi connectivity index (χ2n) is 5.18. The first-order chi connectivity index (χ1) is 11.8. The molecular formula is C16H13N5O3. The van der Waals surface area contributed by atoms with Gasteiger partial charge in [0.2, 0.25) is 12.6 Å². The monoisotopic (exact) mass is 323 g/mol. The molecule has 1 amide bonds. The minimum Gasteiger partial charge on any atom is -0.454 e. The van der Waals surface area contributed by atoms with Crippen molar-refractivity contribution >= 4 is 5.91 Å². The average molecular weight is 323 g/mol. The predicted octanol–water partition coefficient (Wildman–Crippen LogP) is 1.53. The van der Waals surface area contributed by atoms with Crippen LogP contribution in [-0.4, -0.2) is 33.3 Å². The van der Waals surface area contributed by atoms with Gasteiger partial charge in [0, 0.05) is 17.7 Å². The number of hydrogen-bond acceptors (Lipinski definition) is 6. The molecule has 0 spiro atoms. The van der Waals surface area contributed by atoms with E-state index in [1.807, 2.05) is 18.2 Å². The van der Waals surface area contributed by atoms with Crippen LogP contribution in [0.5, 0.6) is 11.5 Å². The maximum absolute atomic E-state index is 12.2. The van der Waals surface area contributed by atoms with Crippen molar-refractivity contribution in [3.8, 4) is 22.9 Å². The maximum Gasteiger partial charge on any atom is 0.251 e. The standard InChI is InChI=1S/C16H13N5O3/c22-16(12-4-2-11(3-5-12)15-18-20-21-19-15)17-8-10-1-6-13-14(7-10)24-9-23-13/h1-7H,8-9H2,(H,17,22)(H,18,19,20,21). The molecule has 3 aromatic rings. The molecule has 4 rings (SSSR count). The van der Waals surface area contributed by atoms with Gasteiger partial charge in [-0.1, -0.05) is 18.2 Å². The number of nitrogens with zero attached hydrogens (tertiary/aromatic N) is 3. The topological polar surface area (TPSA) is 102 Å². The number of rotatable bonds is 4. The molecule has 2 aromatic carbocycles. The van der Waals surface area contributed by atoms with Crippen molar-refractivity contribution in [2.75, 3.05) is 6.79 Å². The summed E-state index contributed by atoms with van der Waals surface area (Å²) in [5.74, 6) is 1.75. The molecule has 1 aliphatic heterocycles. The van der Waals surface area contributed by atoms with Gasteiger partial charge in [0.25, 0.3) is 5.91 Å². The number of H-pyrrole nitrogens is 1. The summed E-state index contributed by atoms with van der Waals surface area (Å²) in [6.07, 6.45) is 0. The van der Waals surface area contributed by atoms with Crippen molar-refractivity contribution in [2.24, 2.45) is 0 Å². The first-order valence-electron chi connectivity index (χ1n) is 7.30. The minimum atomic E-state index is -0.160. The Hall–Kier alpha value is -3.42. The van der Waals surface area contributed by atoms with Crippen LogP contribution in [0.3, 0.4) is 0 Å². The van der Waals surface area contributed by atoms with Crippen molar-refractivity contribution in [2.45, 2.75) is 6.54 Å². The van der Waals surface area contributed by atoms with Gasteiger partial charge >= 0.3 is 0 Å². The summed E-state index contributed by atoms with van der Waals surface area (Å²) in [5, 5.41) is 16.6. The van der Waals surface area contributed by atoms with Gasteiger partial charge in [0.15, 0.2) is 11.5 Å². The number of aromatic amines is 1. The highest BCUT2D eigenvalue weighted by Gasteiger charge is 2.14. The Kier molecular flexibility index (Phi) is 3.54. The van der Waals surface area contributed by atoms with E-state index in [0.29, 0.717) is 23.7 Å². The predicted molar refractivity (Wildman–Crippen MR) is 83.3 cm³/mol. The second kappa shape index (κ2) is 5.99. The van der Waals surface area contributed by atoms with E-state index in [1.165, 1.54) is 0 Å². The highest BCUT2D eigenvalue weighted by Crippen LogP contribution is 2.32. The van der Waals surface area contributed by atoms with Gasteiger partial charge in [0.1, 0.15) is 0 Å². The molecule has 0 aliphatic carbocycles. The van der Waals surface area contributed by atoms with Crippen molar-refractivity contribution in [3.63, 3.8) is 0 Å². The Bertz CT molecular complexity index is 862. The molecule has 0 bridgehead atoms. The van der Waals surface area contributed by atoms with Gasteiger partial charge in [-0.2, -0.15) is 5.21 Å². The number of ether oxygens (including phenoxy) is 2. The highest BCUT2D eigenvalue weighted by molar-refractivity contribution is 5.94. The number of aromatic nitrogens is 4. The summed E-state index contributed by atoms with van der Waals surface area (Å²) in [6, 6.07) is 12.6. The van der Waals surface area contributed by atoms with E-state index in [2.05, 4.69) is 25.9 Å². The number of tetrazole rings is 1. The number of carbonyl (C=O) groups excluding carboxylic acids is 1. The molecule has 120 valence electrons. The van der Waals surface area contributed by atoms with Gasteiger partial charge in [-0.3, -0.25) is 4.79 Å². The van der Waals surface area contributed by atoms with Crippen molar-refractivity contribution in [3.05, 3.63) is 53.6 Å². The quantitative estimate of drug-likeness (QED) is 0.755. The van der Waals surface area contributed by atoms with Gasteiger partial charge in [-0.05, 0) is 35.0 Å². The second-order valence-corrected chi connectivity index (χ2v) is 5.18. The summed E-state index contributed by atoms with van der Waals surface area (Å²) in [4.78, 5) is 12.2. The van der Waals surface area contributed by atoms with Crippen LogP contribution in [0.25, 0.3) is 11.4 Å². The number of benzene rings is 2. The van der Waals surface area contributed by atoms with E-state index in [-0.39, 0.29) is 12.7 Å². The molecule has 2 N–H and O–H groups in total. The van der Waals surface area contributed by atoms with E-state index in [1.54, 1.807) is 24.3 Å². The summed E-state index contributed by atoms with van der Waals surface area (Å²) in [6.45, 7) is 0.639. The normalized spacial score (nSPS) is 12.2. The summed E-state index contributed by atoms with van der Waals surface area (Å²) < 4.78 is 10.6. The van der Waals surface area contributed by atoms with Gasteiger partial charge in [0.05, 0.1) is 0 Å². The molecule has 0 saturated carbocycles. The van der Waals surface area contributed by atoms with Crippen molar-refractivity contribution < 1.29 is 14.3 Å². The van der Waals surface area contributed by atoms with E-state index >= 15 is 0 Å². The first-order valence-corrected chi connectivity index (χ1v) is 7.30. The number of hydrogen-bond donors (Lipinski definition) is 2. The molecule has 1 aromatic heterocycles. The van der Waals surface area contributed by atoms with Crippen LogP contribution in [0.1, 0.15) is 15.9 Å². The van der Waals surface area contributed by atoms with Crippen molar-refractivity contribution in [1.82, 2.24) is 25.9 Å². The van der Waals surface area contributed by atoms with Crippen LogP contribution in [0, 0.1) is 0 Å². The Balaban J connectivity index is 1.41. The number of amides is 1. The molecule has 0 saturated heterocycles. The highest BCUT2D eigenvalue weighted by atomic mass is 16.7. The van der Waals surface area contributed by atoms with Gasteiger partial charge < -0.3 is 14.8 Å². The molecular weight excluding hydrogens is 310 g/mol. The molecule has 8 nitrogen and oxygen atoms in total. The first kappa shape index (κ1) is 14.2. The fraction of sp³-hybridized carbons (Fsp3) is 0.125. The molecule has 0 fully saturated rings. The zero-order valence-electron chi connectivity index (χ0n) is 12.5. The zero-order valence-corrected chi connectivity index (χ0v) is 12.5. The number of fused-ring (bicyclic) bond motifs is 1. The van der Waals surface area contributed by atoms with E-state index in [4.69, 9.17) is 9.47 Å². The van der Waals surface area contributed by atoms with Gasteiger partial charge in [-0.25, -0.2) is 0 Å². The molecule has 0 radical (unpaired) electrons. The smallest absolute Gasteiger partial charge is 0.251 e. The van der Waals surface area contributed by atoms with Crippen LogP contribution >= 0.6 is 0 Å². The lowest BCUT2D eigenvalue weighted by atomic mass is 10.1. The zero-order chi connectivity index (χ0) is 16.4. The van der Waals surface area contributed by atoms with E-state index in [0.717, 1.165) is 16.9 Å². The van der Waals surface area contributed by atoms with Crippen molar-refractivity contribution in [1.29, 1.82) is 0 Å². The summed E-state index contributed by atoms with van der Waals surface area (Å²) >= 11 is 0. The Morgan fingerprint density at radius 3 is 2.75 bits per heavy atom. The molecule has 0 atom stereocenters. The lowest BCUT2D eigenvalue weighted by Crippen LogP contribution is -2.22. The largest absolute Gasteiger partial charge is 0.454 e. The molecule has 24 heavy (non-hydrogen) atoms. The fourth-order valence-electron chi connectivity index (χ4n) is 2.39. The molecule has 1 aliphatic rings. The van der Waals surface area contributed by atoms with Gasteiger partial charge in [-0.15, -0.1) is 10.2 Å². The summed E-state index contributed by atoms with van der Waals surface area (Å²) in [7, 11) is 0. The third kappa shape index (κ3) is 2.76. The maximum atomic E-state index is 12.2. The molecule has 2 heterocycles. The van der Waals surface area contributed by atoms with Crippen LogP contribution < -0.4 is 14.8 Å². The minimum absolute atomic E-state index is 0.160.